The van der Waals surface area contributed by atoms with E-state index in [0.29, 0.717) is 5.02 Å². The molecule has 2 aliphatic rings. The number of rotatable bonds is 6. The molecule has 0 unspecified atom stereocenters. The van der Waals surface area contributed by atoms with Gasteiger partial charge in [0.25, 0.3) is 0 Å². The third-order valence-electron chi connectivity index (χ3n) is 6.27. The smallest absolute Gasteiger partial charge is 0.189 e. The molecule has 0 aromatic heterocycles. The standard InChI is InChI=1S/C23H22ClF2NO6S/c24-13-1-3-16(4-2-13)34(30,31)23-7-8-32-20(10-14(27)9-15(29)11-28)17(23)12-33-22-19(26)6-5-18(25)21(22)23/h1-6,9,17,20,27-29H,7-8,10-12H2/b15-9-,27-14?/t17-,20-,23-/m0/s1. The molecule has 1 fully saturated rings. The van der Waals surface area contributed by atoms with Crippen LogP contribution < -0.4 is 4.74 Å². The Bertz CT molecular complexity index is 1250. The molecule has 7 nitrogen and oxygen atoms in total. The van der Waals surface area contributed by atoms with E-state index in [2.05, 4.69) is 0 Å². The minimum atomic E-state index is -4.35. The lowest BCUT2D eigenvalue weighted by Crippen LogP contribution is -2.57. The summed E-state index contributed by atoms with van der Waals surface area (Å²) in [5.74, 6) is -3.71. The molecule has 0 saturated carbocycles. The molecule has 2 aliphatic heterocycles. The normalized spacial score (nSPS) is 24.6. The van der Waals surface area contributed by atoms with Crippen molar-refractivity contribution in [3.05, 3.63) is 70.5 Å². The van der Waals surface area contributed by atoms with Crippen molar-refractivity contribution in [3.63, 3.8) is 0 Å². The van der Waals surface area contributed by atoms with Crippen LogP contribution in [-0.4, -0.2) is 50.3 Å². The van der Waals surface area contributed by atoms with Gasteiger partial charge in [-0.15, -0.1) is 0 Å². The number of allylic oxidation sites excluding steroid dienone is 1. The molecular formula is C23H22ClF2NO6S. The van der Waals surface area contributed by atoms with Crippen molar-refractivity contribution in [1.29, 1.82) is 5.41 Å². The SMILES string of the molecule is N=C(/C=C(\O)CO)C[C@@H]1OCC[C@@]2(S(=O)(=O)c3ccc(Cl)cc3)c3c(F)ccc(F)c3OC[C@@H]12. The van der Waals surface area contributed by atoms with Gasteiger partial charge in [0.1, 0.15) is 22.9 Å². The Balaban J connectivity index is 1.91. The highest BCUT2D eigenvalue weighted by molar-refractivity contribution is 7.92. The lowest BCUT2D eigenvalue weighted by Gasteiger charge is -2.50. The fraction of sp³-hybridized carbons (Fsp3) is 0.348. The number of nitrogens with one attached hydrogen (secondary N) is 1. The van der Waals surface area contributed by atoms with E-state index in [4.69, 9.17) is 31.6 Å². The largest absolute Gasteiger partial charge is 0.510 e. The molecule has 2 aromatic carbocycles. The number of aliphatic hydroxyl groups is 2. The summed E-state index contributed by atoms with van der Waals surface area (Å²) in [6, 6.07) is 7.17. The number of hydrogen-bond acceptors (Lipinski definition) is 7. The molecule has 0 amide bonds. The van der Waals surface area contributed by atoms with Crippen molar-refractivity contribution < 1.29 is 36.9 Å². The van der Waals surface area contributed by atoms with E-state index < -0.39 is 61.9 Å². The molecular weight excluding hydrogens is 492 g/mol. The van der Waals surface area contributed by atoms with Gasteiger partial charge in [-0.25, -0.2) is 17.2 Å². The highest BCUT2D eigenvalue weighted by atomic mass is 35.5. The van der Waals surface area contributed by atoms with Crippen LogP contribution in [0.25, 0.3) is 0 Å². The molecule has 2 heterocycles. The van der Waals surface area contributed by atoms with Gasteiger partial charge in [-0.1, -0.05) is 11.6 Å². The molecule has 0 spiro atoms. The van der Waals surface area contributed by atoms with Gasteiger partial charge in [-0.2, -0.15) is 0 Å². The number of halogens is 3. The van der Waals surface area contributed by atoms with Crippen LogP contribution in [0, 0.1) is 23.0 Å². The third kappa shape index (κ3) is 3.98. The number of ether oxygens (including phenoxy) is 2. The van der Waals surface area contributed by atoms with Crippen molar-refractivity contribution in [2.75, 3.05) is 19.8 Å². The fourth-order valence-corrected chi connectivity index (χ4v) is 7.24. The Morgan fingerprint density at radius 3 is 2.56 bits per heavy atom. The summed E-state index contributed by atoms with van der Waals surface area (Å²) in [7, 11) is -4.35. The maximum absolute atomic E-state index is 15.3. The Labute approximate surface area is 200 Å². The van der Waals surface area contributed by atoms with Crippen LogP contribution in [0.5, 0.6) is 5.75 Å². The van der Waals surface area contributed by atoms with Crippen molar-refractivity contribution in [2.45, 2.75) is 28.6 Å². The highest BCUT2D eigenvalue weighted by Gasteiger charge is 2.61. The van der Waals surface area contributed by atoms with E-state index in [0.717, 1.165) is 18.2 Å². The quantitative estimate of drug-likeness (QED) is 0.398. The molecule has 11 heteroatoms. The first-order chi connectivity index (χ1) is 16.1. The van der Waals surface area contributed by atoms with Gasteiger partial charge in [0, 0.05) is 29.7 Å². The van der Waals surface area contributed by atoms with Gasteiger partial charge < -0.3 is 25.1 Å². The topological polar surface area (TPSA) is 117 Å². The average molecular weight is 514 g/mol. The van der Waals surface area contributed by atoms with E-state index in [1.165, 1.54) is 24.3 Å². The average Bonchev–Trinajstić information content (AvgIpc) is 2.81. The Morgan fingerprint density at radius 2 is 1.88 bits per heavy atom. The second kappa shape index (κ2) is 9.26. The second-order valence-electron chi connectivity index (χ2n) is 8.18. The summed E-state index contributed by atoms with van der Waals surface area (Å²) >= 11 is 5.93. The summed E-state index contributed by atoms with van der Waals surface area (Å²) < 4.78 is 67.7. The van der Waals surface area contributed by atoms with Crippen LogP contribution in [0.1, 0.15) is 18.4 Å². The fourth-order valence-electron chi connectivity index (χ4n) is 4.77. The van der Waals surface area contributed by atoms with Gasteiger partial charge >= 0.3 is 0 Å². The molecule has 0 aliphatic carbocycles. The maximum Gasteiger partial charge on any atom is 0.189 e. The van der Waals surface area contributed by atoms with Gasteiger partial charge in [0.15, 0.2) is 21.4 Å². The number of hydrogen-bond donors (Lipinski definition) is 3. The molecule has 1 saturated heterocycles. The monoisotopic (exact) mass is 513 g/mol. The second-order valence-corrected chi connectivity index (χ2v) is 10.8. The zero-order valence-corrected chi connectivity index (χ0v) is 19.4. The van der Waals surface area contributed by atoms with E-state index in [9.17, 15) is 17.9 Å². The predicted octanol–water partition coefficient (Wildman–Crippen LogP) is 3.93. The zero-order valence-electron chi connectivity index (χ0n) is 17.8. The van der Waals surface area contributed by atoms with Crippen LogP contribution in [0.2, 0.25) is 5.02 Å². The number of aliphatic hydroxyl groups excluding tert-OH is 2. The first-order valence-electron chi connectivity index (χ1n) is 10.4. The molecule has 0 radical (unpaired) electrons. The summed E-state index contributed by atoms with van der Waals surface area (Å²) in [6.45, 7) is -1.08. The number of benzene rings is 2. The highest BCUT2D eigenvalue weighted by Crippen LogP contribution is 2.55. The Hall–Kier alpha value is -2.53. The Morgan fingerprint density at radius 1 is 1.21 bits per heavy atom. The lowest BCUT2D eigenvalue weighted by atomic mass is 9.74. The molecule has 0 bridgehead atoms. The van der Waals surface area contributed by atoms with Gasteiger partial charge in [0.2, 0.25) is 0 Å². The Kier molecular flexibility index (Phi) is 6.69. The minimum Gasteiger partial charge on any atom is -0.510 e. The van der Waals surface area contributed by atoms with E-state index in [1.807, 2.05) is 0 Å². The molecule has 3 N–H and O–H groups in total. The van der Waals surface area contributed by atoms with Gasteiger partial charge in [0.05, 0.1) is 23.2 Å². The van der Waals surface area contributed by atoms with Gasteiger partial charge in [-0.3, -0.25) is 0 Å². The van der Waals surface area contributed by atoms with Crippen molar-refractivity contribution in [1.82, 2.24) is 0 Å². The van der Waals surface area contributed by atoms with Crippen LogP contribution in [0.15, 0.2) is 53.1 Å². The van der Waals surface area contributed by atoms with E-state index in [1.54, 1.807) is 0 Å². The number of sulfone groups is 1. The molecule has 182 valence electrons. The first-order valence-corrected chi connectivity index (χ1v) is 12.3. The summed E-state index contributed by atoms with van der Waals surface area (Å²) in [5.41, 5.74) is -0.533. The molecule has 34 heavy (non-hydrogen) atoms. The lowest BCUT2D eigenvalue weighted by molar-refractivity contribution is -0.0684. The van der Waals surface area contributed by atoms with Crippen LogP contribution in [0.3, 0.4) is 0 Å². The third-order valence-corrected chi connectivity index (χ3v) is 9.08. The number of fused-ring (bicyclic) bond motifs is 3. The summed E-state index contributed by atoms with van der Waals surface area (Å²) in [4.78, 5) is -0.119. The zero-order chi connectivity index (χ0) is 24.7. The molecule has 2 aromatic rings. The van der Waals surface area contributed by atoms with Crippen LogP contribution >= 0.6 is 11.6 Å². The molecule has 4 rings (SSSR count). The first kappa shape index (κ1) is 24.6. The molecule has 3 atom stereocenters. The van der Waals surface area contributed by atoms with E-state index >= 15 is 4.39 Å². The predicted molar refractivity (Wildman–Crippen MR) is 120 cm³/mol. The van der Waals surface area contributed by atoms with Crippen LogP contribution in [0.4, 0.5) is 8.78 Å². The van der Waals surface area contributed by atoms with E-state index in [-0.39, 0.29) is 36.7 Å². The summed E-state index contributed by atoms with van der Waals surface area (Å²) in [5, 5.41) is 27.0. The van der Waals surface area contributed by atoms with Crippen molar-refractivity contribution in [3.8, 4) is 5.75 Å². The maximum atomic E-state index is 15.3. The van der Waals surface area contributed by atoms with Crippen LogP contribution in [-0.2, 0) is 19.3 Å². The van der Waals surface area contributed by atoms with Gasteiger partial charge in [-0.05, 0) is 48.9 Å². The summed E-state index contributed by atoms with van der Waals surface area (Å²) in [6.07, 6.45) is -0.212. The minimum absolute atomic E-state index is 0.105. The van der Waals surface area contributed by atoms with Crippen molar-refractivity contribution >= 4 is 27.1 Å². The van der Waals surface area contributed by atoms with Crippen molar-refractivity contribution in [2.24, 2.45) is 5.92 Å².